The molecule has 0 bridgehead atoms. The molecule has 0 spiro atoms. The van der Waals surface area contributed by atoms with Crippen LogP contribution in [0.15, 0.2) is 168 Å². The summed E-state index contributed by atoms with van der Waals surface area (Å²) in [6, 6.07) is 33.0. The van der Waals surface area contributed by atoms with Crippen LogP contribution in [0.25, 0.3) is 0 Å². The summed E-state index contributed by atoms with van der Waals surface area (Å²) >= 11 is 0. The molecule has 1 aliphatic carbocycles. The van der Waals surface area contributed by atoms with Gasteiger partial charge in [-0.15, -0.1) is 0 Å². The lowest BCUT2D eigenvalue weighted by molar-refractivity contribution is -0.433. The molecule has 7 rings (SSSR count). The average Bonchev–Trinajstić information content (AvgIpc) is 3.80. The molecule has 0 unspecified atom stereocenters. The maximum absolute atomic E-state index is 12.4. The predicted octanol–water partition coefficient (Wildman–Crippen LogP) is 12.1. The molecule has 0 aromatic heterocycles. The number of para-hydroxylation sites is 2. The number of carbonyl (C=O) groups is 2. The molecule has 2 heterocycles. The summed E-state index contributed by atoms with van der Waals surface area (Å²) in [4.78, 5) is 29.6. The highest BCUT2D eigenvalue weighted by molar-refractivity contribution is 6.03. The van der Waals surface area contributed by atoms with Gasteiger partial charge in [-0.05, 0) is 132 Å². The summed E-state index contributed by atoms with van der Waals surface area (Å²) in [5.74, 6) is 0.180. The number of rotatable bonds is 12. The van der Waals surface area contributed by atoms with Gasteiger partial charge in [0, 0.05) is 63.6 Å². The molecular formula is C53H56N3O4+. The topological polar surface area (TPSA) is 62.1 Å². The monoisotopic (exact) mass is 798 g/mol. The van der Waals surface area contributed by atoms with Crippen molar-refractivity contribution in [1.82, 2.24) is 0 Å². The largest absolute Gasteiger partial charge is 0.423 e. The van der Waals surface area contributed by atoms with Crippen molar-refractivity contribution in [2.75, 3.05) is 22.9 Å². The van der Waals surface area contributed by atoms with Gasteiger partial charge >= 0.3 is 11.9 Å². The first kappa shape index (κ1) is 41.7. The van der Waals surface area contributed by atoms with E-state index in [2.05, 4.69) is 166 Å². The van der Waals surface area contributed by atoms with E-state index in [9.17, 15) is 9.59 Å². The van der Waals surface area contributed by atoms with Crippen LogP contribution in [-0.2, 0) is 20.4 Å². The SMILES string of the molecule is C=C(C)C(=O)Oc1ccc2c(c1)C(C)(C)C(/C=C/C1=C(N(c3ccccc3)c3ccccc3)C(=C/C=C3/N(CC)c4ccc(OC(=O)C(=C)C)cc4C3(C)C)/CC1)=[N+]2CC. The molecule has 4 aromatic carbocycles. The predicted molar refractivity (Wildman–Crippen MR) is 245 cm³/mol. The third-order valence-electron chi connectivity index (χ3n) is 11.9. The molecular weight excluding hydrogens is 743 g/mol. The molecule has 4 aromatic rings. The van der Waals surface area contributed by atoms with Crippen LogP contribution in [0.4, 0.5) is 22.7 Å². The zero-order chi connectivity index (χ0) is 42.9. The molecule has 0 amide bonds. The highest BCUT2D eigenvalue weighted by Gasteiger charge is 2.45. The molecule has 60 heavy (non-hydrogen) atoms. The number of esters is 2. The van der Waals surface area contributed by atoms with Crippen molar-refractivity contribution in [3.63, 3.8) is 0 Å². The summed E-state index contributed by atoms with van der Waals surface area (Å²) < 4.78 is 13.7. The average molecular weight is 799 g/mol. The van der Waals surface area contributed by atoms with Crippen molar-refractivity contribution in [2.45, 2.75) is 79.1 Å². The molecule has 7 heteroatoms. The van der Waals surface area contributed by atoms with Gasteiger partial charge in [0.1, 0.15) is 18.0 Å². The molecule has 0 saturated carbocycles. The van der Waals surface area contributed by atoms with Crippen LogP contribution in [0.3, 0.4) is 0 Å². The number of nitrogens with zero attached hydrogens (tertiary/aromatic N) is 3. The molecule has 7 nitrogen and oxygen atoms in total. The lowest BCUT2D eigenvalue weighted by Gasteiger charge is -2.29. The fraction of sp³-hybridized carbons (Fsp3) is 0.264. The quantitative estimate of drug-likeness (QED) is 0.0616. The van der Waals surface area contributed by atoms with Crippen LogP contribution in [-0.4, -0.2) is 35.3 Å². The van der Waals surface area contributed by atoms with Gasteiger partial charge < -0.3 is 19.3 Å². The van der Waals surface area contributed by atoms with Crippen LogP contribution in [0.1, 0.15) is 79.4 Å². The summed E-state index contributed by atoms with van der Waals surface area (Å²) in [5, 5.41) is 0. The number of likely N-dealkylation sites (N-methyl/N-ethyl adjacent to an activating group) is 1. The van der Waals surface area contributed by atoms with Crippen LogP contribution >= 0.6 is 0 Å². The molecule has 0 fully saturated rings. The fourth-order valence-electron chi connectivity index (χ4n) is 8.75. The van der Waals surface area contributed by atoms with E-state index in [1.165, 1.54) is 22.6 Å². The van der Waals surface area contributed by atoms with Crippen LogP contribution in [0.2, 0.25) is 0 Å². The Balaban J connectivity index is 1.34. The van der Waals surface area contributed by atoms with E-state index >= 15 is 0 Å². The van der Waals surface area contributed by atoms with E-state index in [0.29, 0.717) is 22.6 Å². The van der Waals surface area contributed by atoms with E-state index < -0.39 is 11.9 Å². The Bertz CT molecular complexity index is 2510. The summed E-state index contributed by atoms with van der Waals surface area (Å²) in [7, 11) is 0. The van der Waals surface area contributed by atoms with Crippen molar-refractivity contribution in [3.8, 4) is 11.5 Å². The molecule has 0 radical (unpaired) electrons. The van der Waals surface area contributed by atoms with E-state index in [0.717, 1.165) is 65.5 Å². The second kappa shape index (κ2) is 16.6. The molecule has 306 valence electrons. The Kier molecular flexibility index (Phi) is 11.6. The fourth-order valence-corrected chi connectivity index (χ4v) is 8.75. The minimum absolute atomic E-state index is 0.357. The number of allylic oxidation sites excluding steroid dienone is 7. The van der Waals surface area contributed by atoms with Crippen molar-refractivity contribution >= 4 is 40.4 Å². The highest BCUT2D eigenvalue weighted by atomic mass is 16.5. The number of benzene rings is 4. The summed E-state index contributed by atoms with van der Waals surface area (Å²) in [6.45, 7) is 25.7. The molecule has 0 N–H and O–H groups in total. The lowest BCUT2D eigenvalue weighted by Crippen LogP contribution is -2.27. The Hall–Kier alpha value is -6.47. The maximum atomic E-state index is 12.4. The number of ether oxygens (including phenoxy) is 2. The van der Waals surface area contributed by atoms with Gasteiger partial charge in [0.15, 0.2) is 5.71 Å². The lowest BCUT2D eigenvalue weighted by atomic mass is 9.81. The zero-order valence-corrected chi connectivity index (χ0v) is 36.3. The zero-order valence-electron chi connectivity index (χ0n) is 36.3. The number of anilines is 3. The van der Waals surface area contributed by atoms with E-state index in [4.69, 9.17) is 9.47 Å². The minimum atomic E-state index is -0.428. The molecule has 2 aliphatic heterocycles. The standard InChI is InChI=1S/C53H56N3O4/c1-11-54-45-29-27-41(59-50(57)35(3)4)33-43(45)52(7,8)47(54)31-25-37-23-24-38(49(37)56(39-19-15-13-16-20-39)40-21-17-14-18-22-40)26-32-48-53(9,10)44-34-42(60-51(58)36(5)6)28-30-46(44)55(48)12-2/h13-22,25-34H,3,5,11-12,23-24H2,1-2,4,6-10H3/q+1. The molecule has 0 atom stereocenters. The summed E-state index contributed by atoms with van der Waals surface area (Å²) in [5.41, 5.74) is 12.6. The third kappa shape index (κ3) is 7.72. The highest BCUT2D eigenvalue weighted by Crippen LogP contribution is 2.50. The Morgan fingerprint density at radius 3 is 1.85 bits per heavy atom. The van der Waals surface area contributed by atoms with E-state index in [1.54, 1.807) is 13.8 Å². The van der Waals surface area contributed by atoms with Crippen molar-refractivity contribution in [1.29, 1.82) is 0 Å². The van der Waals surface area contributed by atoms with Gasteiger partial charge in [-0.1, -0.05) is 75.6 Å². The van der Waals surface area contributed by atoms with E-state index in [1.807, 2.05) is 24.3 Å². The Labute approximate surface area is 355 Å². The van der Waals surface area contributed by atoms with Gasteiger partial charge in [-0.25, -0.2) is 9.59 Å². The number of carbonyl (C=O) groups excluding carboxylic acids is 2. The Morgan fingerprint density at radius 1 is 0.733 bits per heavy atom. The van der Waals surface area contributed by atoms with Crippen LogP contribution in [0, 0.1) is 0 Å². The first-order chi connectivity index (χ1) is 28.7. The van der Waals surface area contributed by atoms with Gasteiger partial charge in [-0.3, -0.25) is 0 Å². The van der Waals surface area contributed by atoms with Gasteiger partial charge in [-0.2, -0.15) is 4.58 Å². The van der Waals surface area contributed by atoms with Crippen molar-refractivity contribution in [3.05, 3.63) is 179 Å². The Morgan fingerprint density at radius 2 is 1.30 bits per heavy atom. The van der Waals surface area contributed by atoms with Crippen LogP contribution in [0.5, 0.6) is 11.5 Å². The van der Waals surface area contributed by atoms with Gasteiger partial charge in [0.05, 0.1) is 11.1 Å². The van der Waals surface area contributed by atoms with Crippen molar-refractivity contribution < 1.29 is 23.6 Å². The number of fused-ring (bicyclic) bond motifs is 2. The first-order valence-electron chi connectivity index (χ1n) is 20.9. The first-order valence-corrected chi connectivity index (χ1v) is 20.9. The number of hydrogen-bond donors (Lipinski definition) is 0. The maximum Gasteiger partial charge on any atom is 0.338 e. The second-order valence-corrected chi connectivity index (χ2v) is 16.8. The van der Waals surface area contributed by atoms with E-state index in [-0.39, 0.29) is 10.8 Å². The molecule has 0 saturated heterocycles. The van der Waals surface area contributed by atoms with Gasteiger partial charge in [0.25, 0.3) is 0 Å². The van der Waals surface area contributed by atoms with Crippen molar-refractivity contribution in [2.24, 2.45) is 0 Å². The van der Waals surface area contributed by atoms with Crippen LogP contribution < -0.4 is 19.3 Å². The van der Waals surface area contributed by atoms with Gasteiger partial charge in [0.2, 0.25) is 5.69 Å². The summed E-state index contributed by atoms with van der Waals surface area (Å²) in [6.07, 6.45) is 10.9. The second-order valence-electron chi connectivity index (χ2n) is 16.8. The number of hydrogen-bond acceptors (Lipinski definition) is 6. The molecule has 3 aliphatic rings. The minimum Gasteiger partial charge on any atom is -0.423 e. The smallest absolute Gasteiger partial charge is 0.338 e. The third-order valence-corrected chi connectivity index (χ3v) is 11.9. The normalized spacial score (nSPS) is 17.7.